The summed E-state index contributed by atoms with van der Waals surface area (Å²) in [5, 5.41) is 0. The highest BCUT2D eigenvalue weighted by atomic mass is 19.1. The zero-order valence-corrected chi connectivity index (χ0v) is 12.0. The number of hydrogen-bond acceptors (Lipinski definition) is 3. The van der Waals surface area contributed by atoms with E-state index in [-0.39, 0.29) is 11.4 Å². The predicted octanol–water partition coefficient (Wildman–Crippen LogP) is 2.07. The Bertz CT molecular complexity index is 637. The van der Waals surface area contributed by atoms with Gasteiger partial charge in [-0.1, -0.05) is 18.2 Å². The van der Waals surface area contributed by atoms with Crippen LogP contribution in [0.2, 0.25) is 0 Å². The molecule has 5 heteroatoms. The largest absolute Gasteiger partial charge is 0.385 e. The van der Waals surface area contributed by atoms with Crippen molar-refractivity contribution in [1.82, 2.24) is 4.57 Å². The number of hydrogen-bond donors (Lipinski definition) is 1. The van der Waals surface area contributed by atoms with Gasteiger partial charge in [0.25, 0.3) is 5.56 Å². The van der Waals surface area contributed by atoms with Crippen LogP contribution in [0, 0.1) is 5.82 Å². The van der Waals surface area contributed by atoms with Crippen molar-refractivity contribution in [3.8, 4) is 0 Å². The first-order chi connectivity index (χ1) is 10.1. The van der Waals surface area contributed by atoms with Gasteiger partial charge >= 0.3 is 0 Å². The van der Waals surface area contributed by atoms with Gasteiger partial charge in [-0.05, 0) is 30.2 Å². The highest BCUT2D eigenvalue weighted by Gasteiger charge is 2.14. The highest BCUT2D eigenvalue weighted by molar-refractivity contribution is 5.29. The first kappa shape index (κ1) is 15.4. The van der Waals surface area contributed by atoms with Gasteiger partial charge in [-0.15, -0.1) is 0 Å². The number of pyridine rings is 1. The molecular formula is C16H19FN2O2. The van der Waals surface area contributed by atoms with Crippen LogP contribution in [0.15, 0.2) is 47.4 Å². The molecule has 0 saturated carbocycles. The third-order valence-electron chi connectivity index (χ3n) is 3.36. The van der Waals surface area contributed by atoms with Crippen LogP contribution < -0.4 is 11.3 Å². The van der Waals surface area contributed by atoms with Crippen molar-refractivity contribution in [2.45, 2.75) is 19.0 Å². The fraction of sp³-hybridized carbons (Fsp3) is 0.312. The maximum Gasteiger partial charge on any atom is 0.255 e. The molecule has 0 radical (unpaired) electrons. The summed E-state index contributed by atoms with van der Waals surface area (Å²) >= 11 is 0. The summed E-state index contributed by atoms with van der Waals surface area (Å²) in [6.45, 7) is 1.18. The summed E-state index contributed by atoms with van der Waals surface area (Å²) in [6.07, 6.45) is 2.49. The molecule has 112 valence electrons. The average Bonchev–Trinajstić information content (AvgIpc) is 2.49. The van der Waals surface area contributed by atoms with E-state index in [1.165, 1.54) is 12.1 Å². The second-order valence-electron chi connectivity index (χ2n) is 4.84. The number of nitrogens with two attached hydrogens (primary N) is 1. The van der Waals surface area contributed by atoms with E-state index in [2.05, 4.69) is 0 Å². The predicted molar refractivity (Wildman–Crippen MR) is 79.6 cm³/mol. The van der Waals surface area contributed by atoms with Crippen LogP contribution in [0.5, 0.6) is 0 Å². The topological polar surface area (TPSA) is 57.2 Å². The molecule has 0 fully saturated rings. The monoisotopic (exact) mass is 290 g/mol. The fourth-order valence-corrected chi connectivity index (χ4v) is 2.20. The first-order valence-electron chi connectivity index (χ1n) is 6.83. The van der Waals surface area contributed by atoms with E-state index in [4.69, 9.17) is 10.5 Å². The van der Waals surface area contributed by atoms with Crippen molar-refractivity contribution in [3.63, 3.8) is 0 Å². The second-order valence-corrected chi connectivity index (χ2v) is 4.84. The Kier molecular flexibility index (Phi) is 5.25. The SMILES string of the molecule is COCCCn1cccc(C(N)c2ccc(F)cc2)c1=O. The minimum atomic E-state index is -0.562. The molecule has 21 heavy (non-hydrogen) atoms. The van der Waals surface area contributed by atoms with E-state index in [1.54, 1.807) is 42.1 Å². The minimum absolute atomic E-state index is 0.120. The van der Waals surface area contributed by atoms with Gasteiger partial charge < -0.3 is 15.0 Å². The zero-order valence-electron chi connectivity index (χ0n) is 12.0. The molecule has 0 aliphatic rings. The molecule has 0 aliphatic carbocycles. The van der Waals surface area contributed by atoms with E-state index in [1.807, 2.05) is 0 Å². The summed E-state index contributed by atoms with van der Waals surface area (Å²) < 4.78 is 19.6. The van der Waals surface area contributed by atoms with Gasteiger partial charge in [0.1, 0.15) is 5.82 Å². The lowest BCUT2D eigenvalue weighted by Crippen LogP contribution is -2.28. The molecule has 2 N–H and O–H groups in total. The molecule has 2 aromatic rings. The quantitative estimate of drug-likeness (QED) is 0.829. The standard InChI is InChI=1S/C16H19FN2O2/c1-21-11-3-10-19-9-2-4-14(16(19)20)15(18)12-5-7-13(17)8-6-12/h2,4-9,15H,3,10-11,18H2,1H3. The Labute approximate surface area is 123 Å². The minimum Gasteiger partial charge on any atom is -0.385 e. The number of rotatable bonds is 6. The number of methoxy groups -OCH3 is 1. The van der Waals surface area contributed by atoms with E-state index < -0.39 is 6.04 Å². The highest BCUT2D eigenvalue weighted by Crippen LogP contribution is 2.16. The van der Waals surface area contributed by atoms with Crippen LogP contribution in [-0.2, 0) is 11.3 Å². The third kappa shape index (κ3) is 3.77. The van der Waals surface area contributed by atoms with E-state index in [0.717, 1.165) is 6.42 Å². The maximum atomic E-state index is 13.0. The van der Waals surface area contributed by atoms with Crippen molar-refractivity contribution in [2.24, 2.45) is 5.73 Å². The summed E-state index contributed by atoms with van der Waals surface area (Å²) in [6, 6.07) is 8.83. The molecule has 0 bridgehead atoms. The molecule has 1 unspecified atom stereocenters. The normalized spacial score (nSPS) is 12.3. The molecule has 2 rings (SSSR count). The number of halogens is 1. The van der Waals surface area contributed by atoms with Crippen molar-refractivity contribution in [1.29, 1.82) is 0 Å². The van der Waals surface area contributed by atoms with E-state index in [0.29, 0.717) is 24.3 Å². The van der Waals surface area contributed by atoms with Crippen molar-refractivity contribution in [2.75, 3.05) is 13.7 Å². The van der Waals surface area contributed by atoms with Crippen LogP contribution in [0.1, 0.15) is 23.6 Å². The summed E-state index contributed by atoms with van der Waals surface area (Å²) in [5.74, 6) is -0.323. The Hall–Kier alpha value is -1.98. The van der Waals surface area contributed by atoms with Gasteiger partial charge in [-0.3, -0.25) is 4.79 Å². The Morgan fingerprint density at radius 1 is 1.29 bits per heavy atom. The molecule has 0 spiro atoms. The van der Waals surface area contributed by atoms with Gasteiger partial charge in [0.15, 0.2) is 0 Å². The van der Waals surface area contributed by atoms with Gasteiger partial charge in [-0.2, -0.15) is 0 Å². The lowest BCUT2D eigenvalue weighted by atomic mass is 10.0. The number of benzene rings is 1. The zero-order chi connectivity index (χ0) is 15.2. The van der Waals surface area contributed by atoms with Crippen LogP contribution in [0.3, 0.4) is 0 Å². The third-order valence-corrected chi connectivity index (χ3v) is 3.36. The van der Waals surface area contributed by atoms with Crippen LogP contribution in [-0.4, -0.2) is 18.3 Å². The van der Waals surface area contributed by atoms with Crippen molar-refractivity contribution < 1.29 is 9.13 Å². The Morgan fingerprint density at radius 2 is 2.00 bits per heavy atom. The molecule has 0 amide bonds. The molecule has 1 atom stereocenters. The summed E-state index contributed by atoms with van der Waals surface area (Å²) in [7, 11) is 1.63. The number of ether oxygens (including phenoxy) is 1. The lowest BCUT2D eigenvalue weighted by Gasteiger charge is -2.14. The van der Waals surface area contributed by atoms with Crippen LogP contribution in [0.25, 0.3) is 0 Å². The Balaban J connectivity index is 2.25. The second kappa shape index (κ2) is 7.15. The molecule has 0 saturated heterocycles. The fourth-order valence-electron chi connectivity index (χ4n) is 2.20. The smallest absolute Gasteiger partial charge is 0.255 e. The molecular weight excluding hydrogens is 271 g/mol. The number of aromatic nitrogens is 1. The van der Waals surface area contributed by atoms with Gasteiger partial charge in [0, 0.05) is 32.0 Å². The van der Waals surface area contributed by atoms with E-state index >= 15 is 0 Å². The first-order valence-corrected chi connectivity index (χ1v) is 6.83. The summed E-state index contributed by atoms with van der Waals surface area (Å²) in [4.78, 5) is 12.4. The van der Waals surface area contributed by atoms with Gasteiger partial charge in [0.2, 0.25) is 0 Å². The Morgan fingerprint density at radius 3 is 2.67 bits per heavy atom. The molecule has 1 aromatic carbocycles. The van der Waals surface area contributed by atoms with Gasteiger partial charge in [0.05, 0.1) is 6.04 Å². The lowest BCUT2D eigenvalue weighted by molar-refractivity contribution is 0.190. The van der Waals surface area contributed by atoms with Crippen molar-refractivity contribution >= 4 is 0 Å². The molecule has 1 heterocycles. The average molecular weight is 290 g/mol. The van der Waals surface area contributed by atoms with E-state index in [9.17, 15) is 9.18 Å². The van der Waals surface area contributed by atoms with Crippen molar-refractivity contribution in [3.05, 3.63) is 69.9 Å². The van der Waals surface area contributed by atoms with Crippen LogP contribution in [0.4, 0.5) is 4.39 Å². The molecule has 4 nitrogen and oxygen atoms in total. The number of aryl methyl sites for hydroxylation is 1. The number of nitrogens with zero attached hydrogens (tertiary/aromatic N) is 1. The van der Waals surface area contributed by atoms with Gasteiger partial charge in [-0.25, -0.2) is 4.39 Å². The molecule has 0 aliphatic heterocycles. The maximum absolute atomic E-state index is 13.0. The summed E-state index contributed by atoms with van der Waals surface area (Å²) in [5.41, 5.74) is 7.22. The van der Waals surface area contributed by atoms with Crippen LogP contribution >= 0.6 is 0 Å². The molecule has 1 aromatic heterocycles.